The van der Waals surface area contributed by atoms with Crippen LogP contribution in [0.15, 0.2) is 60.2 Å². The average Bonchev–Trinajstić information content (AvgIpc) is 2.92. The lowest BCUT2D eigenvalue weighted by Crippen LogP contribution is -2.54. The Morgan fingerprint density at radius 2 is 1.88 bits per heavy atom. The fraction of sp³-hybridized carbons (Fsp3) is 0.486. The van der Waals surface area contributed by atoms with Gasteiger partial charge in [-0.15, -0.1) is 6.58 Å². The summed E-state index contributed by atoms with van der Waals surface area (Å²) in [4.78, 5) is 12.6. The van der Waals surface area contributed by atoms with Crippen LogP contribution in [-0.2, 0) is 10.8 Å². The third-order valence-electron chi connectivity index (χ3n) is 9.01. The van der Waals surface area contributed by atoms with Gasteiger partial charge in [0, 0.05) is 41.5 Å². The van der Waals surface area contributed by atoms with Crippen molar-refractivity contribution in [1.82, 2.24) is 9.88 Å². The number of benzene rings is 2. The van der Waals surface area contributed by atoms with E-state index in [4.69, 9.17) is 9.73 Å². The number of aliphatic imine (C=N–C) groups is 1. The zero-order valence-corrected chi connectivity index (χ0v) is 25.2. The number of fused-ring (bicyclic) bond motifs is 4. The lowest BCUT2D eigenvalue weighted by molar-refractivity contribution is 0.00796. The maximum absolute atomic E-state index is 11.5. The van der Waals surface area contributed by atoms with E-state index in [0.717, 1.165) is 52.9 Å². The van der Waals surface area contributed by atoms with Gasteiger partial charge in [0.1, 0.15) is 11.5 Å². The maximum Gasteiger partial charge on any atom is 0.128 e. The average molecular weight is 540 g/mol. The molecule has 2 bridgehead atoms. The molecule has 3 aromatic rings. The normalized spacial score (nSPS) is 24.0. The molecule has 0 radical (unpaired) electrons. The number of aromatic nitrogens is 1. The highest BCUT2D eigenvalue weighted by Crippen LogP contribution is 2.44. The lowest BCUT2D eigenvalue weighted by Gasteiger charge is -2.51. The van der Waals surface area contributed by atoms with Crippen LogP contribution in [0.1, 0.15) is 82.7 Å². The first-order chi connectivity index (χ1) is 18.9. The maximum atomic E-state index is 11.5. The van der Waals surface area contributed by atoms with Gasteiger partial charge in [-0.25, -0.2) is 0 Å². The van der Waals surface area contributed by atoms with E-state index in [1.54, 1.807) is 7.11 Å². The number of phenolic OH excluding ortho intramolecular Hbond substituents is 1. The zero-order chi connectivity index (χ0) is 28.8. The molecule has 4 heterocycles. The first-order valence-corrected chi connectivity index (χ1v) is 14.6. The Bertz CT molecular complexity index is 1430. The van der Waals surface area contributed by atoms with Gasteiger partial charge >= 0.3 is 0 Å². The van der Waals surface area contributed by atoms with Crippen LogP contribution in [0.25, 0.3) is 10.9 Å². The van der Waals surface area contributed by atoms with Crippen molar-refractivity contribution in [3.8, 4) is 11.5 Å². The molecule has 1 aromatic heterocycles. The van der Waals surface area contributed by atoms with Gasteiger partial charge in [0.05, 0.1) is 18.7 Å². The smallest absolute Gasteiger partial charge is 0.128 e. The third kappa shape index (κ3) is 5.41. The topological polar surface area (TPSA) is 58.0 Å². The predicted octanol–water partition coefficient (Wildman–Crippen LogP) is 7.60. The lowest BCUT2D eigenvalue weighted by atomic mass is 9.73. The van der Waals surface area contributed by atoms with Crippen molar-refractivity contribution in [3.05, 3.63) is 77.5 Å². The van der Waals surface area contributed by atoms with E-state index in [1.807, 2.05) is 24.5 Å². The molecular formula is C35H45N3O2. The zero-order valence-electron chi connectivity index (χ0n) is 25.2. The van der Waals surface area contributed by atoms with E-state index >= 15 is 0 Å². The summed E-state index contributed by atoms with van der Waals surface area (Å²) in [5.41, 5.74) is 4.76. The quantitative estimate of drug-likeness (QED) is 0.259. The molecule has 0 aliphatic carbocycles. The number of phenols is 1. The van der Waals surface area contributed by atoms with Crippen molar-refractivity contribution < 1.29 is 9.84 Å². The van der Waals surface area contributed by atoms with Gasteiger partial charge in [0.25, 0.3) is 0 Å². The second-order valence-corrected chi connectivity index (χ2v) is 13.7. The van der Waals surface area contributed by atoms with E-state index in [2.05, 4.69) is 88.3 Å². The monoisotopic (exact) mass is 539 g/mol. The van der Waals surface area contributed by atoms with Gasteiger partial charge in [0.15, 0.2) is 0 Å². The van der Waals surface area contributed by atoms with Crippen molar-refractivity contribution in [3.63, 3.8) is 0 Å². The molecule has 6 rings (SSSR count). The number of piperidine rings is 3. The largest absolute Gasteiger partial charge is 0.507 e. The van der Waals surface area contributed by atoms with Crippen LogP contribution in [0.5, 0.6) is 11.5 Å². The van der Waals surface area contributed by atoms with Crippen LogP contribution in [0.2, 0.25) is 0 Å². The number of pyridine rings is 1. The number of hydrogen-bond acceptors (Lipinski definition) is 5. The molecule has 40 heavy (non-hydrogen) atoms. The minimum atomic E-state index is -0.195. The summed E-state index contributed by atoms with van der Waals surface area (Å²) >= 11 is 0. The van der Waals surface area contributed by atoms with Crippen molar-refractivity contribution in [2.45, 2.75) is 77.3 Å². The Morgan fingerprint density at radius 1 is 1.10 bits per heavy atom. The molecule has 3 saturated heterocycles. The van der Waals surface area contributed by atoms with Crippen molar-refractivity contribution in [2.24, 2.45) is 16.8 Å². The third-order valence-corrected chi connectivity index (χ3v) is 9.01. The van der Waals surface area contributed by atoms with Crippen molar-refractivity contribution in [2.75, 3.05) is 20.2 Å². The molecule has 3 unspecified atom stereocenters. The van der Waals surface area contributed by atoms with Gasteiger partial charge in [0.2, 0.25) is 0 Å². The van der Waals surface area contributed by atoms with Crippen LogP contribution in [-0.4, -0.2) is 47.4 Å². The van der Waals surface area contributed by atoms with E-state index in [1.165, 1.54) is 12.0 Å². The van der Waals surface area contributed by atoms with E-state index < -0.39 is 0 Å². The summed E-state index contributed by atoms with van der Waals surface area (Å²) in [5.74, 6) is 2.29. The standard InChI is InChI=1S/C35H45N3O2/c1-9-22-21-38-15-13-23(22)17-31(38)32(27-12-14-36-30-11-10-26(40-8)19-28(27)30)37-20-24-16-25(34(2,3)4)18-29(33(24)39)35(5,6)7/h9-12,14,16,18-20,22-23,31-32,39H,1,13,15,17,21H2,2-8H3/t22?,23?,31-,32-/m0/s1. The van der Waals surface area contributed by atoms with E-state index in [-0.39, 0.29) is 22.9 Å². The second-order valence-electron chi connectivity index (χ2n) is 13.7. The first kappa shape index (κ1) is 28.4. The number of ether oxygens (including phenoxy) is 1. The molecule has 5 atom stereocenters. The van der Waals surface area contributed by atoms with Gasteiger partial charge in [-0.3, -0.25) is 14.9 Å². The fourth-order valence-corrected chi connectivity index (χ4v) is 6.54. The van der Waals surface area contributed by atoms with Crippen LogP contribution >= 0.6 is 0 Å². The molecule has 0 saturated carbocycles. The van der Waals surface area contributed by atoms with Crippen molar-refractivity contribution >= 4 is 17.1 Å². The predicted molar refractivity (Wildman–Crippen MR) is 166 cm³/mol. The molecule has 3 aliphatic rings. The Morgan fingerprint density at radius 3 is 2.50 bits per heavy atom. The fourth-order valence-electron chi connectivity index (χ4n) is 6.54. The molecule has 0 spiro atoms. The number of nitrogens with zero attached hydrogens (tertiary/aromatic N) is 3. The SMILES string of the molecule is C=CC1CN2CCC1C[C@H]2[C@@H](N=Cc1cc(C(C)(C)C)cc(C(C)(C)C)c1O)c1ccnc2ccc(OC)cc12. The highest BCUT2D eigenvalue weighted by molar-refractivity contribution is 5.87. The molecule has 2 aromatic carbocycles. The Kier molecular flexibility index (Phi) is 7.56. The number of methoxy groups -OCH3 is 1. The summed E-state index contributed by atoms with van der Waals surface area (Å²) in [6.45, 7) is 19.3. The molecule has 212 valence electrons. The van der Waals surface area contributed by atoms with Crippen LogP contribution in [0.3, 0.4) is 0 Å². The Hall–Kier alpha value is -3.18. The molecular weight excluding hydrogens is 494 g/mol. The van der Waals surface area contributed by atoms with Gasteiger partial charge in [-0.2, -0.15) is 0 Å². The summed E-state index contributed by atoms with van der Waals surface area (Å²) < 4.78 is 5.59. The summed E-state index contributed by atoms with van der Waals surface area (Å²) in [7, 11) is 1.70. The molecule has 1 N–H and O–H groups in total. The Balaban J connectivity index is 1.66. The summed E-state index contributed by atoms with van der Waals surface area (Å²) in [5, 5.41) is 12.5. The highest BCUT2D eigenvalue weighted by Gasteiger charge is 2.42. The van der Waals surface area contributed by atoms with Gasteiger partial charge in [-0.05, 0) is 83.5 Å². The molecule has 3 fully saturated rings. The van der Waals surface area contributed by atoms with Crippen molar-refractivity contribution in [1.29, 1.82) is 0 Å². The molecule has 3 aliphatic heterocycles. The summed E-state index contributed by atoms with van der Waals surface area (Å²) in [6.07, 6.45) is 8.24. The van der Waals surface area contributed by atoms with E-state index in [0.29, 0.717) is 17.6 Å². The molecule has 0 amide bonds. The minimum Gasteiger partial charge on any atom is -0.507 e. The summed E-state index contributed by atoms with van der Waals surface area (Å²) in [6, 6.07) is 12.6. The minimum absolute atomic E-state index is 0.0541. The number of rotatable bonds is 6. The van der Waals surface area contributed by atoms with Crippen LogP contribution in [0.4, 0.5) is 0 Å². The first-order valence-electron chi connectivity index (χ1n) is 14.6. The second kappa shape index (κ2) is 10.7. The molecule has 5 heteroatoms. The Labute approximate surface area is 240 Å². The number of hydrogen-bond donors (Lipinski definition) is 1. The van der Waals surface area contributed by atoms with E-state index in [9.17, 15) is 5.11 Å². The van der Waals surface area contributed by atoms with Gasteiger partial charge in [-0.1, -0.05) is 53.7 Å². The highest BCUT2D eigenvalue weighted by atomic mass is 16.5. The van der Waals surface area contributed by atoms with Gasteiger partial charge < -0.3 is 9.84 Å². The molecule has 5 nitrogen and oxygen atoms in total. The number of aromatic hydroxyl groups is 1. The van der Waals surface area contributed by atoms with Crippen LogP contribution in [0, 0.1) is 11.8 Å². The van der Waals surface area contributed by atoms with Crippen LogP contribution < -0.4 is 4.74 Å².